The molecule has 0 unspecified atom stereocenters. The van der Waals surface area contributed by atoms with Gasteiger partial charge in [0.15, 0.2) is 0 Å². The van der Waals surface area contributed by atoms with Crippen LogP contribution in [-0.2, 0) is 7.05 Å². The number of carbonyl (C=O) groups is 1. The number of rotatable bonds is 2. The fourth-order valence-corrected chi connectivity index (χ4v) is 3.63. The van der Waals surface area contributed by atoms with Gasteiger partial charge in [-0.25, -0.2) is 9.78 Å². The fraction of sp³-hybridized carbons (Fsp3) is 0.250. The highest BCUT2D eigenvalue weighted by atomic mass is 16.2. The number of anilines is 1. The zero-order valence-corrected chi connectivity index (χ0v) is 14.6. The van der Waals surface area contributed by atoms with E-state index in [2.05, 4.69) is 34.6 Å². The maximum absolute atomic E-state index is 12.8. The van der Waals surface area contributed by atoms with Crippen LogP contribution >= 0.6 is 0 Å². The van der Waals surface area contributed by atoms with E-state index >= 15 is 0 Å². The molecular formula is C20H20N4O2. The summed E-state index contributed by atoms with van der Waals surface area (Å²) >= 11 is 0. The molecule has 0 saturated carbocycles. The van der Waals surface area contributed by atoms with Crippen LogP contribution in [-0.4, -0.2) is 27.0 Å². The molecule has 1 aliphatic rings. The van der Waals surface area contributed by atoms with Crippen LogP contribution in [0.5, 0.6) is 0 Å². The van der Waals surface area contributed by atoms with Crippen LogP contribution in [0.1, 0.15) is 24.4 Å². The second-order valence-electron chi connectivity index (χ2n) is 6.54. The van der Waals surface area contributed by atoms with Gasteiger partial charge >= 0.3 is 6.03 Å². The number of hydrogen-bond acceptors (Lipinski definition) is 3. The number of nitrogens with zero attached hydrogens (tertiary/aromatic N) is 3. The number of fused-ring (bicyclic) bond motifs is 1. The van der Waals surface area contributed by atoms with Crippen LogP contribution < -0.4 is 10.9 Å². The van der Waals surface area contributed by atoms with E-state index in [4.69, 9.17) is 0 Å². The zero-order valence-electron chi connectivity index (χ0n) is 14.6. The monoisotopic (exact) mass is 348 g/mol. The summed E-state index contributed by atoms with van der Waals surface area (Å²) in [5, 5.41) is 5.01. The molecule has 2 amide bonds. The SMILES string of the molecule is Cn1ccnc(NC(=O)N2CCC[C@@H]2c2cccc3ccccc23)c1=O. The van der Waals surface area contributed by atoms with Gasteiger partial charge in [0, 0.05) is 26.0 Å². The van der Waals surface area contributed by atoms with Gasteiger partial charge in [0.1, 0.15) is 0 Å². The Bertz CT molecular complexity index is 1020. The largest absolute Gasteiger partial charge is 0.323 e. The van der Waals surface area contributed by atoms with Crippen molar-refractivity contribution in [2.75, 3.05) is 11.9 Å². The first kappa shape index (κ1) is 16.3. The molecule has 2 aromatic carbocycles. The molecule has 1 aromatic heterocycles. The Morgan fingerprint density at radius 3 is 2.88 bits per heavy atom. The van der Waals surface area contributed by atoms with Crippen LogP contribution in [0.15, 0.2) is 59.7 Å². The summed E-state index contributed by atoms with van der Waals surface area (Å²) < 4.78 is 1.40. The number of aryl methyl sites for hydroxylation is 1. The molecule has 0 bridgehead atoms. The zero-order chi connectivity index (χ0) is 18.1. The van der Waals surface area contributed by atoms with E-state index in [1.807, 2.05) is 18.2 Å². The first-order valence-electron chi connectivity index (χ1n) is 8.72. The third kappa shape index (κ3) is 2.83. The standard InChI is InChI=1S/C20H20N4O2/c1-23-13-11-21-18(19(23)25)22-20(26)24-12-5-10-17(24)16-9-4-7-14-6-2-3-8-15(14)16/h2-4,6-9,11,13,17H,5,10,12H2,1H3,(H,21,22,26)/t17-/m1/s1. The Morgan fingerprint density at radius 2 is 2.00 bits per heavy atom. The molecule has 4 rings (SSSR count). The predicted octanol–water partition coefficient (Wildman–Crippen LogP) is 3.30. The second kappa shape index (κ2) is 6.63. The van der Waals surface area contributed by atoms with Gasteiger partial charge in [-0.1, -0.05) is 42.5 Å². The van der Waals surface area contributed by atoms with Gasteiger partial charge in [-0.2, -0.15) is 0 Å². The van der Waals surface area contributed by atoms with E-state index in [1.165, 1.54) is 10.8 Å². The quantitative estimate of drug-likeness (QED) is 0.773. The Kier molecular flexibility index (Phi) is 4.16. The lowest BCUT2D eigenvalue weighted by molar-refractivity contribution is 0.207. The van der Waals surface area contributed by atoms with Crippen LogP contribution in [0.3, 0.4) is 0 Å². The predicted molar refractivity (Wildman–Crippen MR) is 101 cm³/mol. The van der Waals surface area contributed by atoms with Gasteiger partial charge in [0.2, 0.25) is 5.82 Å². The summed E-state index contributed by atoms with van der Waals surface area (Å²) in [5.74, 6) is 0.0589. The molecule has 1 fully saturated rings. The second-order valence-corrected chi connectivity index (χ2v) is 6.54. The van der Waals surface area contributed by atoms with E-state index in [0.29, 0.717) is 6.54 Å². The van der Waals surface area contributed by atoms with E-state index in [1.54, 1.807) is 18.1 Å². The lowest BCUT2D eigenvalue weighted by Gasteiger charge is -2.26. The van der Waals surface area contributed by atoms with Crippen molar-refractivity contribution in [1.82, 2.24) is 14.5 Å². The molecule has 2 heterocycles. The Morgan fingerprint density at radius 1 is 1.19 bits per heavy atom. The maximum Gasteiger partial charge on any atom is 0.323 e. The molecule has 0 aliphatic carbocycles. The highest BCUT2D eigenvalue weighted by Crippen LogP contribution is 2.36. The summed E-state index contributed by atoms with van der Waals surface area (Å²) in [6.07, 6.45) is 4.90. The Hall–Kier alpha value is -3.15. The normalized spacial score (nSPS) is 16.8. The number of amides is 2. The van der Waals surface area contributed by atoms with E-state index in [-0.39, 0.29) is 23.5 Å². The molecule has 1 atom stereocenters. The maximum atomic E-state index is 12.8. The first-order chi connectivity index (χ1) is 12.6. The lowest BCUT2D eigenvalue weighted by Crippen LogP contribution is -2.37. The molecule has 26 heavy (non-hydrogen) atoms. The summed E-state index contributed by atoms with van der Waals surface area (Å²) in [7, 11) is 1.63. The van der Waals surface area contributed by atoms with Gasteiger partial charge in [-0.05, 0) is 29.2 Å². The number of carbonyl (C=O) groups excluding carboxylic acids is 1. The molecule has 1 aliphatic heterocycles. The molecule has 1 saturated heterocycles. The average molecular weight is 348 g/mol. The highest BCUT2D eigenvalue weighted by Gasteiger charge is 2.31. The third-order valence-electron chi connectivity index (χ3n) is 4.94. The van der Waals surface area contributed by atoms with Gasteiger partial charge in [-0.3, -0.25) is 10.1 Å². The molecule has 0 spiro atoms. The number of urea groups is 1. The van der Waals surface area contributed by atoms with Gasteiger partial charge in [0.25, 0.3) is 5.56 Å². The molecule has 132 valence electrons. The van der Waals surface area contributed by atoms with Crippen molar-refractivity contribution in [3.63, 3.8) is 0 Å². The number of hydrogen-bond donors (Lipinski definition) is 1. The third-order valence-corrected chi connectivity index (χ3v) is 4.94. The van der Waals surface area contributed by atoms with Crippen molar-refractivity contribution in [1.29, 1.82) is 0 Å². The minimum Gasteiger partial charge on any atom is -0.317 e. The first-order valence-corrected chi connectivity index (χ1v) is 8.72. The van der Waals surface area contributed by atoms with E-state index in [0.717, 1.165) is 29.2 Å². The molecule has 6 heteroatoms. The van der Waals surface area contributed by atoms with E-state index < -0.39 is 0 Å². The summed E-state index contributed by atoms with van der Waals surface area (Å²) in [5.41, 5.74) is 0.825. The Balaban J connectivity index is 1.65. The summed E-state index contributed by atoms with van der Waals surface area (Å²) in [6.45, 7) is 0.660. The smallest absolute Gasteiger partial charge is 0.317 e. The minimum absolute atomic E-state index is 0.00587. The van der Waals surface area contributed by atoms with E-state index in [9.17, 15) is 9.59 Å². The number of nitrogens with one attached hydrogen (secondary N) is 1. The molecule has 0 radical (unpaired) electrons. The van der Waals surface area contributed by atoms with Crippen LogP contribution in [0, 0.1) is 0 Å². The lowest BCUT2D eigenvalue weighted by atomic mass is 9.97. The van der Waals surface area contributed by atoms with Crippen molar-refractivity contribution < 1.29 is 4.79 Å². The Labute approximate surface area is 151 Å². The van der Waals surface area contributed by atoms with Crippen LogP contribution in [0.4, 0.5) is 10.6 Å². The molecule has 3 aromatic rings. The van der Waals surface area contributed by atoms with Crippen molar-refractivity contribution in [3.8, 4) is 0 Å². The van der Waals surface area contributed by atoms with Gasteiger partial charge in [-0.15, -0.1) is 0 Å². The minimum atomic E-state index is -0.318. The van der Waals surface area contributed by atoms with Gasteiger partial charge in [0.05, 0.1) is 6.04 Å². The average Bonchev–Trinajstić information content (AvgIpc) is 3.15. The number of likely N-dealkylation sites (tertiary alicyclic amines) is 1. The van der Waals surface area contributed by atoms with Crippen molar-refractivity contribution in [2.24, 2.45) is 7.05 Å². The fourth-order valence-electron chi connectivity index (χ4n) is 3.63. The summed E-state index contributed by atoms with van der Waals surface area (Å²) in [4.78, 5) is 30.7. The highest BCUT2D eigenvalue weighted by molar-refractivity contribution is 5.90. The van der Waals surface area contributed by atoms with Gasteiger partial charge < -0.3 is 9.47 Å². The van der Waals surface area contributed by atoms with Crippen LogP contribution in [0.2, 0.25) is 0 Å². The molecule has 6 nitrogen and oxygen atoms in total. The number of aromatic nitrogens is 2. The van der Waals surface area contributed by atoms with Crippen molar-refractivity contribution in [3.05, 3.63) is 70.8 Å². The summed E-state index contributed by atoms with van der Waals surface area (Å²) in [6, 6.07) is 14.1. The molecular weight excluding hydrogens is 328 g/mol. The van der Waals surface area contributed by atoms with Crippen LogP contribution in [0.25, 0.3) is 10.8 Å². The molecule has 1 N–H and O–H groups in total. The number of benzene rings is 2. The van der Waals surface area contributed by atoms with Crippen molar-refractivity contribution >= 4 is 22.6 Å². The topological polar surface area (TPSA) is 67.2 Å². The van der Waals surface area contributed by atoms with Crippen molar-refractivity contribution in [2.45, 2.75) is 18.9 Å².